The summed E-state index contributed by atoms with van der Waals surface area (Å²) in [4.78, 5) is 7.02. The lowest BCUT2D eigenvalue weighted by Crippen LogP contribution is -2.15. The summed E-state index contributed by atoms with van der Waals surface area (Å²) in [6.07, 6.45) is 2.99. The Labute approximate surface area is 124 Å². The molecular formula is C18H17N3. The first-order valence-corrected chi connectivity index (χ1v) is 7.30. The molecule has 1 aromatic heterocycles. The molecule has 3 nitrogen and oxygen atoms in total. The molecule has 0 atom stereocenters. The van der Waals surface area contributed by atoms with Gasteiger partial charge in [-0.25, -0.2) is 4.98 Å². The highest BCUT2D eigenvalue weighted by Gasteiger charge is 2.22. The van der Waals surface area contributed by atoms with Crippen LogP contribution >= 0.6 is 0 Å². The van der Waals surface area contributed by atoms with Crippen LogP contribution in [0.3, 0.4) is 0 Å². The van der Waals surface area contributed by atoms with Gasteiger partial charge < -0.3 is 10.6 Å². The summed E-state index contributed by atoms with van der Waals surface area (Å²) in [6, 6.07) is 17.0. The van der Waals surface area contributed by atoms with E-state index in [2.05, 4.69) is 53.4 Å². The third-order valence-corrected chi connectivity index (χ3v) is 4.22. The van der Waals surface area contributed by atoms with Crippen LogP contribution in [-0.2, 0) is 13.0 Å². The van der Waals surface area contributed by atoms with Crippen molar-refractivity contribution in [2.45, 2.75) is 13.0 Å². The second kappa shape index (κ2) is 4.86. The van der Waals surface area contributed by atoms with Gasteiger partial charge in [0.25, 0.3) is 0 Å². The van der Waals surface area contributed by atoms with E-state index in [-0.39, 0.29) is 0 Å². The summed E-state index contributed by atoms with van der Waals surface area (Å²) in [6.45, 7) is 1.50. The van der Waals surface area contributed by atoms with Gasteiger partial charge in [-0.2, -0.15) is 0 Å². The Morgan fingerprint density at radius 2 is 1.76 bits per heavy atom. The van der Waals surface area contributed by atoms with E-state index >= 15 is 0 Å². The zero-order chi connectivity index (χ0) is 14.2. The van der Waals surface area contributed by atoms with Crippen molar-refractivity contribution in [3.05, 3.63) is 65.9 Å². The molecule has 0 saturated heterocycles. The molecule has 2 heterocycles. The first-order chi connectivity index (χ1) is 10.4. The molecule has 3 heteroatoms. The highest BCUT2D eigenvalue weighted by atomic mass is 15.2. The second-order valence-electron chi connectivity index (χ2n) is 5.39. The van der Waals surface area contributed by atoms with Crippen LogP contribution in [0.5, 0.6) is 0 Å². The standard InChI is InChI=1S/C18H17N3/c19-11-14-12-20-18(16-7-3-2-6-15(14)16)21-10-9-13-5-1-4-8-17(13)21/h1-8,12H,9-11,19H2. The van der Waals surface area contributed by atoms with Crippen LogP contribution in [-0.4, -0.2) is 11.5 Å². The molecule has 2 aromatic carbocycles. The Kier molecular flexibility index (Phi) is 2.86. The van der Waals surface area contributed by atoms with Crippen LogP contribution in [0, 0.1) is 0 Å². The molecule has 4 rings (SSSR count). The largest absolute Gasteiger partial charge is 0.326 e. The Morgan fingerprint density at radius 3 is 2.62 bits per heavy atom. The van der Waals surface area contributed by atoms with E-state index in [1.165, 1.54) is 22.0 Å². The van der Waals surface area contributed by atoms with Gasteiger partial charge in [0.05, 0.1) is 0 Å². The van der Waals surface area contributed by atoms with Crippen molar-refractivity contribution >= 4 is 22.3 Å². The zero-order valence-corrected chi connectivity index (χ0v) is 11.8. The van der Waals surface area contributed by atoms with Gasteiger partial charge in [-0.3, -0.25) is 0 Å². The van der Waals surface area contributed by atoms with Crippen molar-refractivity contribution in [1.82, 2.24) is 4.98 Å². The Balaban J connectivity index is 1.93. The molecule has 0 unspecified atom stereocenters. The molecule has 21 heavy (non-hydrogen) atoms. The molecule has 0 fully saturated rings. The number of benzene rings is 2. The summed E-state index contributed by atoms with van der Waals surface area (Å²) < 4.78 is 0. The van der Waals surface area contributed by atoms with E-state index < -0.39 is 0 Å². The van der Waals surface area contributed by atoms with Crippen LogP contribution in [0.15, 0.2) is 54.7 Å². The number of hydrogen-bond donors (Lipinski definition) is 1. The van der Waals surface area contributed by atoms with Gasteiger partial charge in [-0.05, 0) is 29.0 Å². The molecule has 3 aromatic rings. The van der Waals surface area contributed by atoms with Crippen molar-refractivity contribution in [2.24, 2.45) is 5.73 Å². The normalized spacial score (nSPS) is 13.7. The maximum Gasteiger partial charge on any atom is 0.140 e. The fourth-order valence-electron chi connectivity index (χ4n) is 3.17. The minimum absolute atomic E-state index is 0.518. The minimum Gasteiger partial charge on any atom is -0.326 e. The molecule has 0 spiro atoms. The van der Waals surface area contributed by atoms with E-state index in [0.717, 1.165) is 24.3 Å². The van der Waals surface area contributed by atoms with E-state index in [4.69, 9.17) is 10.7 Å². The summed E-state index contributed by atoms with van der Waals surface area (Å²) in [5.41, 5.74) is 9.61. The Hall–Kier alpha value is -2.39. The minimum atomic E-state index is 0.518. The second-order valence-corrected chi connectivity index (χ2v) is 5.39. The summed E-state index contributed by atoms with van der Waals surface area (Å²) in [5.74, 6) is 1.03. The monoisotopic (exact) mass is 275 g/mol. The number of rotatable bonds is 2. The third kappa shape index (κ3) is 1.89. The zero-order valence-electron chi connectivity index (χ0n) is 11.8. The number of aromatic nitrogens is 1. The quantitative estimate of drug-likeness (QED) is 0.779. The van der Waals surface area contributed by atoms with Crippen LogP contribution in [0.4, 0.5) is 11.5 Å². The molecule has 2 N–H and O–H groups in total. The molecule has 1 aliphatic heterocycles. The molecule has 104 valence electrons. The van der Waals surface area contributed by atoms with Crippen molar-refractivity contribution in [1.29, 1.82) is 0 Å². The molecular weight excluding hydrogens is 258 g/mol. The van der Waals surface area contributed by atoms with Crippen LogP contribution in [0.1, 0.15) is 11.1 Å². The smallest absolute Gasteiger partial charge is 0.140 e. The van der Waals surface area contributed by atoms with Crippen molar-refractivity contribution in [2.75, 3.05) is 11.4 Å². The highest BCUT2D eigenvalue weighted by molar-refractivity contribution is 5.96. The van der Waals surface area contributed by atoms with Crippen molar-refractivity contribution < 1.29 is 0 Å². The number of anilines is 2. The molecule has 0 saturated carbocycles. The maximum absolute atomic E-state index is 5.84. The van der Waals surface area contributed by atoms with Crippen molar-refractivity contribution in [3.63, 3.8) is 0 Å². The predicted octanol–water partition coefficient (Wildman–Crippen LogP) is 3.39. The Morgan fingerprint density at radius 1 is 1.00 bits per heavy atom. The topological polar surface area (TPSA) is 42.1 Å². The number of hydrogen-bond acceptors (Lipinski definition) is 3. The van der Waals surface area contributed by atoms with E-state index in [0.29, 0.717) is 6.54 Å². The molecule has 0 aliphatic carbocycles. The molecule has 1 aliphatic rings. The van der Waals surface area contributed by atoms with Gasteiger partial charge >= 0.3 is 0 Å². The third-order valence-electron chi connectivity index (χ3n) is 4.22. The molecule has 0 amide bonds. The lowest BCUT2D eigenvalue weighted by molar-refractivity contribution is 0.974. The number of nitrogens with zero attached hydrogens (tertiary/aromatic N) is 2. The fourth-order valence-corrected chi connectivity index (χ4v) is 3.17. The first-order valence-electron chi connectivity index (χ1n) is 7.30. The first kappa shape index (κ1) is 12.4. The molecule has 0 radical (unpaired) electrons. The van der Waals surface area contributed by atoms with Gasteiger partial charge in [0.2, 0.25) is 0 Å². The maximum atomic E-state index is 5.84. The highest BCUT2D eigenvalue weighted by Crippen LogP contribution is 2.37. The van der Waals surface area contributed by atoms with Gasteiger partial charge in [0, 0.05) is 30.4 Å². The number of pyridine rings is 1. The van der Waals surface area contributed by atoms with Gasteiger partial charge in [-0.1, -0.05) is 42.5 Å². The van der Waals surface area contributed by atoms with Crippen LogP contribution in [0.2, 0.25) is 0 Å². The van der Waals surface area contributed by atoms with Gasteiger partial charge in [0.15, 0.2) is 0 Å². The van der Waals surface area contributed by atoms with E-state index in [1.54, 1.807) is 0 Å². The summed E-state index contributed by atoms with van der Waals surface area (Å²) >= 11 is 0. The van der Waals surface area contributed by atoms with Gasteiger partial charge in [0.1, 0.15) is 5.82 Å². The average molecular weight is 275 g/mol. The van der Waals surface area contributed by atoms with E-state index in [1.807, 2.05) is 6.20 Å². The predicted molar refractivity (Wildman–Crippen MR) is 86.8 cm³/mol. The summed E-state index contributed by atoms with van der Waals surface area (Å²) in [7, 11) is 0. The van der Waals surface area contributed by atoms with Gasteiger partial charge in [-0.15, -0.1) is 0 Å². The lowest BCUT2D eigenvalue weighted by atomic mass is 10.1. The van der Waals surface area contributed by atoms with Crippen molar-refractivity contribution in [3.8, 4) is 0 Å². The average Bonchev–Trinajstić information content (AvgIpc) is 2.98. The molecule has 0 bridgehead atoms. The summed E-state index contributed by atoms with van der Waals surface area (Å²) in [5, 5.41) is 2.38. The number of fused-ring (bicyclic) bond motifs is 2. The van der Waals surface area contributed by atoms with Crippen LogP contribution in [0.25, 0.3) is 10.8 Å². The lowest BCUT2D eigenvalue weighted by Gasteiger charge is -2.21. The fraction of sp³-hybridized carbons (Fsp3) is 0.167. The number of para-hydroxylation sites is 1. The van der Waals surface area contributed by atoms with Crippen LogP contribution < -0.4 is 10.6 Å². The van der Waals surface area contributed by atoms with E-state index in [9.17, 15) is 0 Å². The Bertz CT molecular complexity index is 810. The SMILES string of the molecule is NCc1cnc(N2CCc3ccccc32)c2ccccc12. The number of nitrogens with two attached hydrogens (primary N) is 1.